The summed E-state index contributed by atoms with van der Waals surface area (Å²) in [6, 6.07) is 24.9. The van der Waals surface area contributed by atoms with Crippen LogP contribution in [-0.4, -0.2) is 29.3 Å². The zero-order valence-electron chi connectivity index (χ0n) is 20.0. The van der Waals surface area contributed by atoms with Gasteiger partial charge in [-0.1, -0.05) is 90.8 Å². The number of aryl methyl sites for hydroxylation is 2. The number of carbonyl (C=O) groups excluding carboxylic acids is 2. The van der Waals surface area contributed by atoms with Crippen molar-refractivity contribution in [1.29, 1.82) is 0 Å². The maximum absolute atomic E-state index is 13.6. The average molecular weight is 477 g/mol. The fourth-order valence-electron chi connectivity index (χ4n) is 3.86. The first-order chi connectivity index (χ1) is 16.5. The van der Waals surface area contributed by atoms with E-state index in [1.807, 2.05) is 68.4 Å². The SMILES string of the molecule is CCCNC(=O)[C@H](Cc1ccccc1)N(Cc1ccc(Cl)cc1)C(=O)CCc1ccc(C)cc1. The van der Waals surface area contributed by atoms with E-state index < -0.39 is 6.04 Å². The molecule has 0 heterocycles. The minimum atomic E-state index is -0.602. The van der Waals surface area contributed by atoms with Gasteiger partial charge in [-0.05, 0) is 48.6 Å². The highest BCUT2D eigenvalue weighted by molar-refractivity contribution is 6.30. The van der Waals surface area contributed by atoms with E-state index in [2.05, 4.69) is 29.6 Å². The molecule has 0 spiro atoms. The molecule has 0 saturated carbocycles. The number of hydrogen-bond donors (Lipinski definition) is 1. The Hall–Kier alpha value is -3.11. The first-order valence-corrected chi connectivity index (χ1v) is 12.2. The molecule has 3 rings (SSSR count). The fraction of sp³-hybridized carbons (Fsp3) is 0.310. The number of rotatable bonds is 11. The van der Waals surface area contributed by atoms with E-state index in [9.17, 15) is 9.59 Å². The van der Waals surface area contributed by atoms with Gasteiger partial charge in [-0.25, -0.2) is 0 Å². The van der Waals surface area contributed by atoms with Gasteiger partial charge >= 0.3 is 0 Å². The van der Waals surface area contributed by atoms with Crippen molar-refractivity contribution in [2.75, 3.05) is 6.54 Å². The molecule has 0 fully saturated rings. The lowest BCUT2D eigenvalue weighted by Crippen LogP contribution is -2.50. The van der Waals surface area contributed by atoms with Gasteiger partial charge in [0.2, 0.25) is 11.8 Å². The summed E-state index contributed by atoms with van der Waals surface area (Å²) in [5.41, 5.74) is 4.26. The molecule has 3 aromatic carbocycles. The van der Waals surface area contributed by atoms with Gasteiger partial charge in [-0.3, -0.25) is 9.59 Å². The molecule has 0 unspecified atom stereocenters. The summed E-state index contributed by atoms with van der Waals surface area (Å²) in [7, 11) is 0. The van der Waals surface area contributed by atoms with E-state index >= 15 is 0 Å². The molecule has 0 aliphatic rings. The van der Waals surface area contributed by atoms with Crippen LogP contribution in [0.4, 0.5) is 0 Å². The number of benzene rings is 3. The summed E-state index contributed by atoms with van der Waals surface area (Å²) in [6.07, 6.45) is 2.26. The van der Waals surface area contributed by atoms with Crippen molar-refractivity contribution in [2.45, 2.75) is 52.1 Å². The standard InChI is InChI=1S/C29H33ClN2O2/c1-3-19-31-29(34)27(20-24-7-5-4-6-8-24)32(21-25-13-16-26(30)17-14-25)28(33)18-15-23-11-9-22(2)10-12-23/h4-14,16-17,27H,3,15,18-21H2,1-2H3,(H,31,34)/t27-/m0/s1. The lowest BCUT2D eigenvalue weighted by molar-refractivity contribution is -0.141. The molecule has 0 aliphatic carbocycles. The minimum Gasteiger partial charge on any atom is -0.354 e. The van der Waals surface area contributed by atoms with Gasteiger partial charge in [0.05, 0.1) is 0 Å². The second-order valence-electron chi connectivity index (χ2n) is 8.63. The number of amides is 2. The highest BCUT2D eigenvalue weighted by Crippen LogP contribution is 2.18. The Balaban J connectivity index is 1.87. The highest BCUT2D eigenvalue weighted by atomic mass is 35.5. The first-order valence-electron chi connectivity index (χ1n) is 11.9. The van der Waals surface area contributed by atoms with Crippen molar-refractivity contribution in [3.63, 3.8) is 0 Å². The van der Waals surface area contributed by atoms with E-state index in [-0.39, 0.29) is 11.8 Å². The average Bonchev–Trinajstić information content (AvgIpc) is 2.86. The lowest BCUT2D eigenvalue weighted by atomic mass is 10.0. The zero-order valence-corrected chi connectivity index (χ0v) is 20.7. The predicted molar refractivity (Wildman–Crippen MR) is 139 cm³/mol. The molecule has 0 radical (unpaired) electrons. The maximum Gasteiger partial charge on any atom is 0.243 e. The smallest absolute Gasteiger partial charge is 0.243 e. The van der Waals surface area contributed by atoms with E-state index in [0.717, 1.165) is 23.1 Å². The van der Waals surface area contributed by atoms with Crippen molar-refractivity contribution in [3.8, 4) is 0 Å². The van der Waals surface area contributed by atoms with Crippen molar-refractivity contribution < 1.29 is 9.59 Å². The highest BCUT2D eigenvalue weighted by Gasteiger charge is 2.30. The third kappa shape index (κ3) is 7.74. The zero-order chi connectivity index (χ0) is 24.3. The van der Waals surface area contributed by atoms with Crippen molar-refractivity contribution in [2.24, 2.45) is 0 Å². The van der Waals surface area contributed by atoms with Crippen LogP contribution in [0.5, 0.6) is 0 Å². The Bertz CT molecular complexity index is 1050. The summed E-state index contributed by atoms with van der Waals surface area (Å²) >= 11 is 6.07. The van der Waals surface area contributed by atoms with Crippen molar-refractivity contribution in [1.82, 2.24) is 10.2 Å². The molecule has 0 aromatic heterocycles. The van der Waals surface area contributed by atoms with Crippen molar-refractivity contribution in [3.05, 3.63) is 106 Å². The predicted octanol–water partition coefficient (Wildman–Crippen LogP) is 5.75. The molecule has 178 valence electrons. The molecule has 1 N–H and O–H groups in total. The van der Waals surface area contributed by atoms with Crippen LogP contribution in [-0.2, 0) is 29.0 Å². The van der Waals surface area contributed by atoms with Crippen LogP contribution in [0.3, 0.4) is 0 Å². The molecule has 34 heavy (non-hydrogen) atoms. The summed E-state index contributed by atoms with van der Waals surface area (Å²) in [5.74, 6) is -0.161. The second kappa shape index (κ2) is 13.0. The maximum atomic E-state index is 13.6. The number of nitrogens with zero attached hydrogens (tertiary/aromatic N) is 1. The van der Waals surface area contributed by atoms with Gasteiger partial charge in [-0.15, -0.1) is 0 Å². The Kier molecular flexibility index (Phi) is 9.72. The van der Waals surface area contributed by atoms with E-state index in [1.165, 1.54) is 5.56 Å². The monoisotopic (exact) mass is 476 g/mol. The number of hydrogen-bond acceptors (Lipinski definition) is 2. The largest absolute Gasteiger partial charge is 0.354 e. The first kappa shape index (κ1) is 25.5. The number of nitrogens with one attached hydrogen (secondary N) is 1. The topological polar surface area (TPSA) is 49.4 Å². The van der Waals surface area contributed by atoms with Crippen LogP contribution in [0.1, 0.15) is 42.0 Å². The molecule has 0 aliphatic heterocycles. The summed E-state index contributed by atoms with van der Waals surface area (Å²) in [6.45, 7) is 4.99. The third-order valence-electron chi connectivity index (χ3n) is 5.83. The molecular weight excluding hydrogens is 444 g/mol. The van der Waals surface area contributed by atoms with E-state index in [1.54, 1.807) is 4.90 Å². The van der Waals surface area contributed by atoms with Gasteiger partial charge in [0.15, 0.2) is 0 Å². The molecule has 0 saturated heterocycles. The van der Waals surface area contributed by atoms with E-state index in [0.29, 0.717) is 37.4 Å². The van der Waals surface area contributed by atoms with Crippen LogP contribution in [0.15, 0.2) is 78.9 Å². The van der Waals surface area contributed by atoms with Gasteiger partial charge in [0.1, 0.15) is 6.04 Å². The molecular formula is C29H33ClN2O2. The quantitative estimate of drug-likeness (QED) is 0.383. The molecule has 3 aromatic rings. The summed E-state index contributed by atoms with van der Waals surface area (Å²) in [5, 5.41) is 3.65. The van der Waals surface area contributed by atoms with Crippen LogP contribution >= 0.6 is 11.6 Å². The van der Waals surface area contributed by atoms with E-state index in [4.69, 9.17) is 11.6 Å². The second-order valence-corrected chi connectivity index (χ2v) is 9.07. The van der Waals surface area contributed by atoms with Gasteiger partial charge in [0, 0.05) is 31.0 Å². The molecule has 4 nitrogen and oxygen atoms in total. The number of halogens is 1. The normalized spacial score (nSPS) is 11.6. The lowest BCUT2D eigenvalue weighted by Gasteiger charge is -2.31. The number of carbonyl (C=O) groups is 2. The Morgan fingerprint density at radius 1 is 0.882 bits per heavy atom. The van der Waals surface area contributed by atoms with Crippen LogP contribution in [0.25, 0.3) is 0 Å². The van der Waals surface area contributed by atoms with Crippen LogP contribution in [0, 0.1) is 6.92 Å². The minimum absolute atomic E-state index is 0.0388. The Morgan fingerprint density at radius 2 is 1.53 bits per heavy atom. The molecule has 1 atom stereocenters. The Labute approximate surface area is 207 Å². The molecule has 5 heteroatoms. The molecule has 0 bridgehead atoms. The van der Waals surface area contributed by atoms with Gasteiger partial charge in [0.25, 0.3) is 0 Å². The van der Waals surface area contributed by atoms with Gasteiger partial charge < -0.3 is 10.2 Å². The summed E-state index contributed by atoms with van der Waals surface area (Å²) < 4.78 is 0. The molecule has 2 amide bonds. The van der Waals surface area contributed by atoms with Crippen molar-refractivity contribution >= 4 is 23.4 Å². The van der Waals surface area contributed by atoms with Gasteiger partial charge in [-0.2, -0.15) is 0 Å². The third-order valence-corrected chi connectivity index (χ3v) is 6.09. The Morgan fingerprint density at radius 3 is 2.18 bits per heavy atom. The fourth-order valence-corrected chi connectivity index (χ4v) is 3.98. The summed E-state index contributed by atoms with van der Waals surface area (Å²) in [4.78, 5) is 28.6. The van der Waals surface area contributed by atoms with Crippen LogP contribution in [0.2, 0.25) is 5.02 Å². The van der Waals surface area contributed by atoms with Crippen LogP contribution < -0.4 is 5.32 Å².